The quantitative estimate of drug-likeness (QED) is 0.754. The van der Waals surface area contributed by atoms with Crippen molar-refractivity contribution in [1.82, 2.24) is 0 Å². The molecule has 2 heteroatoms. The minimum absolute atomic E-state index is 0.283. The van der Waals surface area contributed by atoms with E-state index < -0.39 is 0 Å². The fraction of sp³-hybridized carbons (Fsp3) is 0.538. The molecule has 0 atom stereocenters. The number of anilines is 2. The summed E-state index contributed by atoms with van der Waals surface area (Å²) in [4.78, 5) is 2.22. The van der Waals surface area contributed by atoms with Crippen LogP contribution in [-0.2, 0) is 0 Å². The van der Waals surface area contributed by atoms with E-state index in [0.717, 1.165) is 23.5 Å². The first kappa shape index (κ1) is 11.9. The van der Waals surface area contributed by atoms with Crippen LogP contribution in [0.2, 0.25) is 0 Å². The van der Waals surface area contributed by atoms with Gasteiger partial charge in [-0.05, 0) is 24.0 Å². The van der Waals surface area contributed by atoms with Gasteiger partial charge in [0.1, 0.15) is 0 Å². The van der Waals surface area contributed by atoms with E-state index in [2.05, 4.69) is 44.9 Å². The monoisotopic (exact) mass is 206 g/mol. The summed E-state index contributed by atoms with van der Waals surface area (Å²) in [6.07, 6.45) is 0. The maximum Gasteiger partial charge on any atom is 0.0600 e. The smallest absolute Gasteiger partial charge is 0.0600 e. The van der Waals surface area contributed by atoms with Crippen molar-refractivity contribution in [1.29, 1.82) is 0 Å². The highest BCUT2D eigenvalue weighted by atomic mass is 15.1. The number of nitrogens with two attached hydrogens (primary N) is 1. The molecule has 0 aliphatic carbocycles. The fourth-order valence-corrected chi connectivity index (χ4v) is 1.79. The van der Waals surface area contributed by atoms with E-state index in [9.17, 15) is 0 Å². The normalized spacial score (nSPS) is 11.5. The van der Waals surface area contributed by atoms with E-state index in [0.29, 0.717) is 0 Å². The minimum Gasteiger partial charge on any atom is -0.397 e. The summed E-state index contributed by atoms with van der Waals surface area (Å²) in [5, 5.41) is 0. The standard InChI is InChI=1S/C13H22N2/c1-10-7-6-8-11(12(10)14)15(5)9-13(2,3)4/h6-8H,9,14H2,1-5H3. The van der Waals surface area contributed by atoms with Gasteiger partial charge in [0.05, 0.1) is 11.4 Å². The van der Waals surface area contributed by atoms with Gasteiger partial charge in [-0.15, -0.1) is 0 Å². The number of rotatable bonds is 2. The van der Waals surface area contributed by atoms with Gasteiger partial charge in [0, 0.05) is 13.6 Å². The van der Waals surface area contributed by atoms with Gasteiger partial charge in [-0.2, -0.15) is 0 Å². The predicted octanol–water partition coefficient (Wildman–Crippen LogP) is 3.06. The lowest BCUT2D eigenvalue weighted by molar-refractivity contribution is 0.419. The number of para-hydroxylation sites is 1. The molecule has 0 amide bonds. The second-order valence-electron chi connectivity index (χ2n) is 5.42. The van der Waals surface area contributed by atoms with Gasteiger partial charge in [0.25, 0.3) is 0 Å². The molecule has 84 valence electrons. The Bertz CT molecular complexity index is 337. The fourth-order valence-electron chi connectivity index (χ4n) is 1.79. The van der Waals surface area contributed by atoms with Crippen LogP contribution in [0.4, 0.5) is 11.4 Å². The molecule has 0 bridgehead atoms. The lowest BCUT2D eigenvalue weighted by Gasteiger charge is -2.29. The Balaban J connectivity index is 2.92. The van der Waals surface area contributed by atoms with Crippen molar-refractivity contribution >= 4 is 11.4 Å². The van der Waals surface area contributed by atoms with E-state index in [4.69, 9.17) is 5.73 Å². The first-order chi connectivity index (χ1) is 6.81. The van der Waals surface area contributed by atoms with Gasteiger partial charge < -0.3 is 10.6 Å². The zero-order valence-corrected chi connectivity index (χ0v) is 10.5. The Hall–Kier alpha value is -1.18. The molecule has 1 aromatic carbocycles. The summed E-state index contributed by atoms with van der Waals surface area (Å²) in [6, 6.07) is 6.18. The Morgan fingerprint density at radius 1 is 1.27 bits per heavy atom. The van der Waals surface area contributed by atoms with Crippen LogP contribution in [0.3, 0.4) is 0 Å². The third kappa shape index (κ3) is 3.15. The maximum atomic E-state index is 6.06. The largest absolute Gasteiger partial charge is 0.397 e. The van der Waals surface area contributed by atoms with Crippen LogP contribution in [0.1, 0.15) is 26.3 Å². The van der Waals surface area contributed by atoms with Crippen LogP contribution in [0, 0.1) is 12.3 Å². The number of nitrogens with zero attached hydrogens (tertiary/aromatic N) is 1. The van der Waals surface area contributed by atoms with Gasteiger partial charge in [-0.25, -0.2) is 0 Å². The van der Waals surface area contributed by atoms with Crippen LogP contribution in [0.5, 0.6) is 0 Å². The molecular weight excluding hydrogens is 184 g/mol. The molecular formula is C13H22N2. The first-order valence-corrected chi connectivity index (χ1v) is 5.37. The van der Waals surface area contributed by atoms with Crippen LogP contribution >= 0.6 is 0 Å². The van der Waals surface area contributed by atoms with E-state index in [1.165, 1.54) is 0 Å². The summed E-state index contributed by atoms with van der Waals surface area (Å²) < 4.78 is 0. The number of benzene rings is 1. The molecule has 0 aliphatic rings. The molecule has 2 nitrogen and oxygen atoms in total. The van der Waals surface area contributed by atoms with Crippen molar-refractivity contribution in [2.24, 2.45) is 5.41 Å². The van der Waals surface area contributed by atoms with Gasteiger partial charge >= 0.3 is 0 Å². The second kappa shape index (κ2) is 4.13. The molecule has 0 unspecified atom stereocenters. The molecule has 1 aromatic rings. The molecule has 2 N–H and O–H groups in total. The second-order valence-corrected chi connectivity index (χ2v) is 5.42. The molecule has 0 saturated heterocycles. The van der Waals surface area contributed by atoms with Crippen molar-refractivity contribution in [2.75, 3.05) is 24.2 Å². The highest BCUT2D eigenvalue weighted by Crippen LogP contribution is 2.27. The number of nitrogen functional groups attached to an aromatic ring is 1. The van der Waals surface area contributed by atoms with Crippen molar-refractivity contribution in [3.8, 4) is 0 Å². The lowest BCUT2D eigenvalue weighted by atomic mass is 9.96. The third-order valence-corrected chi connectivity index (χ3v) is 2.42. The Morgan fingerprint density at radius 3 is 2.40 bits per heavy atom. The van der Waals surface area contributed by atoms with E-state index in [-0.39, 0.29) is 5.41 Å². The maximum absolute atomic E-state index is 6.06. The Morgan fingerprint density at radius 2 is 1.87 bits per heavy atom. The zero-order valence-electron chi connectivity index (χ0n) is 10.5. The Labute approximate surface area is 93.1 Å². The summed E-state index contributed by atoms with van der Waals surface area (Å²) in [7, 11) is 2.09. The first-order valence-electron chi connectivity index (χ1n) is 5.37. The van der Waals surface area contributed by atoms with Crippen molar-refractivity contribution in [2.45, 2.75) is 27.7 Å². The molecule has 0 heterocycles. The average Bonchev–Trinajstić information content (AvgIpc) is 2.06. The Kier molecular flexibility index (Phi) is 3.28. The summed E-state index contributed by atoms with van der Waals surface area (Å²) >= 11 is 0. The van der Waals surface area contributed by atoms with E-state index in [1.54, 1.807) is 0 Å². The summed E-state index contributed by atoms with van der Waals surface area (Å²) in [5.74, 6) is 0. The average molecular weight is 206 g/mol. The van der Waals surface area contributed by atoms with Crippen LogP contribution < -0.4 is 10.6 Å². The topological polar surface area (TPSA) is 29.3 Å². The van der Waals surface area contributed by atoms with Crippen molar-refractivity contribution in [3.63, 3.8) is 0 Å². The molecule has 0 spiro atoms. The molecule has 0 aliphatic heterocycles. The van der Waals surface area contributed by atoms with Crippen LogP contribution in [-0.4, -0.2) is 13.6 Å². The summed E-state index contributed by atoms with van der Waals surface area (Å²) in [5.41, 5.74) is 9.51. The van der Waals surface area contributed by atoms with Gasteiger partial charge in [0.15, 0.2) is 0 Å². The highest BCUT2D eigenvalue weighted by molar-refractivity contribution is 5.70. The zero-order chi connectivity index (χ0) is 11.6. The SMILES string of the molecule is Cc1cccc(N(C)CC(C)(C)C)c1N. The molecule has 0 saturated carbocycles. The predicted molar refractivity (Wildman–Crippen MR) is 68.3 cm³/mol. The van der Waals surface area contributed by atoms with Crippen molar-refractivity contribution in [3.05, 3.63) is 23.8 Å². The number of hydrogen-bond donors (Lipinski definition) is 1. The summed E-state index contributed by atoms with van der Waals surface area (Å²) in [6.45, 7) is 9.74. The minimum atomic E-state index is 0.283. The van der Waals surface area contributed by atoms with Gasteiger partial charge in [-0.1, -0.05) is 32.9 Å². The van der Waals surface area contributed by atoms with Gasteiger partial charge in [-0.3, -0.25) is 0 Å². The molecule has 0 fully saturated rings. The molecule has 1 rings (SSSR count). The van der Waals surface area contributed by atoms with Gasteiger partial charge in [0.2, 0.25) is 0 Å². The molecule has 0 radical (unpaired) electrons. The van der Waals surface area contributed by atoms with E-state index in [1.807, 2.05) is 13.0 Å². The highest BCUT2D eigenvalue weighted by Gasteiger charge is 2.15. The number of hydrogen-bond acceptors (Lipinski definition) is 2. The van der Waals surface area contributed by atoms with E-state index >= 15 is 0 Å². The van der Waals surface area contributed by atoms with Crippen LogP contribution in [0.15, 0.2) is 18.2 Å². The third-order valence-electron chi connectivity index (χ3n) is 2.42. The van der Waals surface area contributed by atoms with Crippen molar-refractivity contribution < 1.29 is 0 Å². The lowest BCUT2D eigenvalue weighted by Crippen LogP contribution is -2.29. The van der Waals surface area contributed by atoms with Crippen LogP contribution in [0.25, 0.3) is 0 Å². The molecule has 0 aromatic heterocycles. The molecule has 15 heavy (non-hydrogen) atoms. The number of aryl methyl sites for hydroxylation is 1.